The van der Waals surface area contributed by atoms with Gasteiger partial charge in [0.05, 0.1) is 6.54 Å². The number of rotatable bonds is 4. The van der Waals surface area contributed by atoms with Gasteiger partial charge in [0.2, 0.25) is 0 Å². The van der Waals surface area contributed by atoms with Crippen molar-refractivity contribution >= 4 is 17.8 Å². The van der Waals surface area contributed by atoms with Gasteiger partial charge in [-0.15, -0.1) is 0 Å². The first-order valence-electron chi connectivity index (χ1n) is 9.51. The van der Waals surface area contributed by atoms with E-state index in [0.29, 0.717) is 30.9 Å². The number of benzene rings is 1. The average molecular weight is 382 g/mol. The van der Waals surface area contributed by atoms with E-state index in [1.807, 2.05) is 29.2 Å². The molecule has 8 nitrogen and oxygen atoms in total. The summed E-state index contributed by atoms with van der Waals surface area (Å²) in [4.78, 5) is 39.8. The maximum absolute atomic E-state index is 12.7. The van der Waals surface area contributed by atoms with Gasteiger partial charge in [-0.1, -0.05) is 12.1 Å². The van der Waals surface area contributed by atoms with Crippen LogP contribution < -0.4 is 0 Å². The Morgan fingerprint density at radius 2 is 1.71 bits per heavy atom. The largest absolute Gasteiger partial charge is 0.476 e. The van der Waals surface area contributed by atoms with Crippen LogP contribution in [0.4, 0.5) is 0 Å². The predicted molar refractivity (Wildman–Crippen MR) is 100 cm³/mol. The van der Waals surface area contributed by atoms with Gasteiger partial charge in [0.1, 0.15) is 5.69 Å². The lowest BCUT2D eigenvalue weighted by Gasteiger charge is -2.28. The Labute approximate surface area is 162 Å². The summed E-state index contributed by atoms with van der Waals surface area (Å²) >= 11 is 0. The second-order valence-electron chi connectivity index (χ2n) is 7.22. The molecule has 0 bridgehead atoms. The van der Waals surface area contributed by atoms with Crippen molar-refractivity contribution in [2.24, 2.45) is 0 Å². The van der Waals surface area contributed by atoms with Crippen LogP contribution >= 0.6 is 0 Å². The molecule has 2 aliphatic rings. The zero-order valence-corrected chi connectivity index (χ0v) is 15.5. The molecule has 2 aromatic rings. The van der Waals surface area contributed by atoms with Crippen molar-refractivity contribution in [1.29, 1.82) is 0 Å². The number of amides is 2. The Kier molecular flexibility index (Phi) is 4.85. The summed E-state index contributed by atoms with van der Waals surface area (Å²) < 4.78 is 1.45. The number of carbonyl (C=O) groups excluding carboxylic acids is 2. The molecule has 8 heteroatoms. The van der Waals surface area contributed by atoms with E-state index < -0.39 is 5.97 Å². The SMILES string of the molecule is O=C(O)c1cc2n(n1)CCN(Cc1ccc(C(=O)N3CCCCC3)cc1)C2=O. The Balaban J connectivity index is 1.43. The molecule has 1 fully saturated rings. The average Bonchev–Trinajstić information content (AvgIpc) is 3.16. The number of nitrogens with zero attached hydrogens (tertiary/aromatic N) is 4. The monoisotopic (exact) mass is 382 g/mol. The first-order chi connectivity index (χ1) is 13.5. The number of carboxylic acid groups (broad SMARTS) is 1. The molecule has 0 atom stereocenters. The normalized spacial score (nSPS) is 16.8. The number of aromatic nitrogens is 2. The molecule has 0 unspecified atom stereocenters. The minimum Gasteiger partial charge on any atom is -0.476 e. The Morgan fingerprint density at radius 3 is 2.39 bits per heavy atom. The fraction of sp³-hybridized carbons (Fsp3) is 0.400. The predicted octanol–water partition coefficient (Wildman–Crippen LogP) is 1.86. The number of carbonyl (C=O) groups is 3. The van der Waals surface area contributed by atoms with Gasteiger partial charge in [-0.05, 0) is 37.0 Å². The van der Waals surface area contributed by atoms with Crippen LogP contribution in [0.5, 0.6) is 0 Å². The van der Waals surface area contributed by atoms with Crippen LogP contribution in [0.1, 0.15) is 56.2 Å². The molecule has 0 aliphatic carbocycles. The third-order valence-electron chi connectivity index (χ3n) is 5.30. The van der Waals surface area contributed by atoms with Gasteiger partial charge < -0.3 is 14.9 Å². The van der Waals surface area contributed by atoms with Gasteiger partial charge >= 0.3 is 5.97 Å². The Morgan fingerprint density at radius 1 is 1.00 bits per heavy atom. The van der Waals surface area contributed by atoms with Crippen LogP contribution in [0.25, 0.3) is 0 Å². The van der Waals surface area contributed by atoms with Crippen LogP contribution in [0.2, 0.25) is 0 Å². The van der Waals surface area contributed by atoms with E-state index in [1.54, 1.807) is 4.90 Å². The topological polar surface area (TPSA) is 95.7 Å². The summed E-state index contributed by atoms with van der Waals surface area (Å²) in [5.74, 6) is -1.32. The smallest absolute Gasteiger partial charge is 0.356 e. The molecule has 1 saturated heterocycles. The van der Waals surface area contributed by atoms with Crippen LogP contribution in [0.15, 0.2) is 30.3 Å². The highest BCUT2D eigenvalue weighted by molar-refractivity contribution is 5.96. The fourth-order valence-corrected chi connectivity index (χ4v) is 3.75. The lowest BCUT2D eigenvalue weighted by molar-refractivity contribution is 0.0670. The number of carboxylic acids is 1. The molecule has 1 aromatic carbocycles. The van der Waals surface area contributed by atoms with Crippen molar-refractivity contribution in [3.05, 3.63) is 52.8 Å². The van der Waals surface area contributed by atoms with E-state index in [9.17, 15) is 14.4 Å². The summed E-state index contributed by atoms with van der Waals surface area (Å²) in [5, 5.41) is 13.0. The van der Waals surface area contributed by atoms with E-state index in [1.165, 1.54) is 17.2 Å². The van der Waals surface area contributed by atoms with Crippen molar-refractivity contribution in [3.8, 4) is 0 Å². The highest BCUT2D eigenvalue weighted by Crippen LogP contribution is 2.18. The van der Waals surface area contributed by atoms with Crippen molar-refractivity contribution in [2.75, 3.05) is 19.6 Å². The van der Waals surface area contributed by atoms with E-state index in [2.05, 4.69) is 5.10 Å². The van der Waals surface area contributed by atoms with Gasteiger partial charge in [-0.2, -0.15) is 5.10 Å². The fourth-order valence-electron chi connectivity index (χ4n) is 3.75. The summed E-state index contributed by atoms with van der Waals surface area (Å²) in [6.07, 6.45) is 3.29. The minimum absolute atomic E-state index is 0.0606. The lowest BCUT2D eigenvalue weighted by Crippen LogP contribution is -2.39. The highest BCUT2D eigenvalue weighted by Gasteiger charge is 2.28. The third kappa shape index (κ3) is 3.49. The Hall–Kier alpha value is -3.16. The van der Waals surface area contributed by atoms with Crippen molar-refractivity contribution in [1.82, 2.24) is 19.6 Å². The molecule has 3 heterocycles. The van der Waals surface area contributed by atoms with E-state index in [4.69, 9.17) is 5.11 Å². The number of hydrogen-bond acceptors (Lipinski definition) is 4. The van der Waals surface area contributed by atoms with E-state index in [0.717, 1.165) is 31.5 Å². The second-order valence-corrected chi connectivity index (χ2v) is 7.22. The van der Waals surface area contributed by atoms with Crippen molar-refractivity contribution < 1.29 is 19.5 Å². The molecule has 1 aromatic heterocycles. The number of aromatic carboxylic acids is 1. The summed E-state index contributed by atoms with van der Waals surface area (Å²) in [6, 6.07) is 8.69. The zero-order valence-electron chi connectivity index (χ0n) is 15.5. The first kappa shape index (κ1) is 18.2. The lowest BCUT2D eigenvalue weighted by atomic mass is 10.1. The van der Waals surface area contributed by atoms with E-state index >= 15 is 0 Å². The second kappa shape index (κ2) is 7.46. The van der Waals surface area contributed by atoms with Gasteiger partial charge in [0.15, 0.2) is 5.69 Å². The molecule has 146 valence electrons. The van der Waals surface area contributed by atoms with E-state index in [-0.39, 0.29) is 17.5 Å². The van der Waals surface area contributed by atoms with Crippen LogP contribution in [-0.2, 0) is 13.1 Å². The number of piperidine rings is 1. The minimum atomic E-state index is -1.14. The molecular weight excluding hydrogens is 360 g/mol. The van der Waals surface area contributed by atoms with Crippen LogP contribution in [-0.4, -0.2) is 62.1 Å². The van der Waals surface area contributed by atoms with Crippen molar-refractivity contribution in [2.45, 2.75) is 32.4 Å². The first-order valence-corrected chi connectivity index (χ1v) is 9.51. The summed E-state index contributed by atoms with van der Waals surface area (Å²) in [5.41, 5.74) is 1.76. The standard InChI is InChI=1S/C20H22N4O4/c25-18(22-8-2-1-3-9-22)15-6-4-14(5-7-15)13-23-10-11-24-17(19(23)26)12-16(21-24)20(27)28/h4-7,12H,1-3,8-11,13H2,(H,27,28). The summed E-state index contributed by atoms with van der Waals surface area (Å²) in [6.45, 7) is 2.95. The molecular formula is C20H22N4O4. The van der Waals surface area contributed by atoms with Gasteiger partial charge in [-0.25, -0.2) is 4.79 Å². The molecule has 4 rings (SSSR count). The molecule has 28 heavy (non-hydrogen) atoms. The molecule has 0 saturated carbocycles. The quantitative estimate of drug-likeness (QED) is 0.871. The molecule has 1 N–H and O–H groups in total. The summed E-state index contributed by atoms with van der Waals surface area (Å²) in [7, 11) is 0. The molecule has 2 aliphatic heterocycles. The maximum Gasteiger partial charge on any atom is 0.356 e. The number of likely N-dealkylation sites (tertiary alicyclic amines) is 1. The Bertz CT molecular complexity index is 913. The van der Waals surface area contributed by atoms with Gasteiger partial charge in [0, 0.05) is 37.8 Å². The molecule has 2 amide bonds. The van der Waals surface area contributed by atoms with Crippen LogP contribution in [0, 0.1) is 0 Å². The molecule has 0 radical (unpaired) electrons. The van der Waals surface area contributed by atoms with Gasteiger partial charge in [-0.3, -0.25) is 14.3 Å². The maximum atomic E-state index is 12.7. The van der Waals surface area contributed by atoms with Gasteiger partial charge in [0.25, 0.3) is 11.8 Å². The highest BCUT2D eigenvalue weighted by atomic mass is 16.4. The number of fused-ring (bicyclic) bond motifs is 1. The van der Waals surface area contributed by atoms with Crippen molar-refractivity contribution in [3.63, 3.8) is 0 Å². The van der Waals surface area contributed by atoms with Crippen LogP contribution in [0.3, 0.4) is 0 Å². The zero-order chi connectivity index (χ0) is 19.7. The third-order valence-corrected chi connectivity index (χ3v) is 5.30. The number of hydrogen-bond donors (Lipinski definition) is 1. The molecule has 0 spiro atoms.